The molecule has 0 fully saturated rings. The number of nitrogens with zero attached hydrogens (tertiary/aromatic N) is 1. The van der Waals surface area contributed by atoms with Gasteiger partial charge in [0, 0.05) is 5.56 Å². The molecule has 0 saturated heterocycles. The van der Waals surface area contributed by atoms with Gasteiger partial charge in [0.1, 0.15) is 5.69 Å². The fourth-order valence-corrected chi connectivity index (χ4v) is 1.06. The fourth-order valence-electron chi connectivity index (χ4n) is 1.06. The molecule has 0 atom stereocenters. The van der Waals surface area contributed by atoms with Crippen LogP contribution in [0.3, 0.4) is 0 Å². The molecule has 0 spiro atoms. The van der Waals surface area contributed by atoms with Gasteiger partial charge < -0.3 is 11.5 Å². The van der Waals surface area contributed by atoms with Gasteiger partial charge in [-0.25, -0.2) is 0 Å². The molecule has 0 bridgehead atoms. The van der Waals surface area contributed by atoms with Crippen LogP contribution in [0.5, 0.6) is 0 Å². The van der Waals surface area contributed by atoms with E-state index in [1.165, 1.54) is 12.1 Å². The van der Waals surface area contributed by atoms with Crippen molar-refractivity contribution in [2.24, 2.45) is 11.5 Å². The Morgan fingerprint density at radius 2 is 1.73 bits per heavy atom. The van der Waals surface area contributed by atoms with E-state index in [-0.39, 0.29) is 22.0 Å². The van der Waals surface area contributed by atoms with Crippen LogP contribution in [0.25, 0.3) is 0 Å². The van der Waals surface area contributed by atoms with Gasteiger partial charge in [-0.05, 0) is 18.2 Å². The van der Waals surface area contributed by atoms with E-state index >= 15 is 0 Å². The largest absolute Gasteiger partial charge is 0.366 e. The zero-order chi connectivity index (χ0) is 11.6. The first-order valence-corrected chi connectivity index (χ1v) is 3.85. The van der Waals surface area contributed by atoms with Gasteiger partial charge in [0.2, 0.25) is 5.91 Å². The van der Waals surface area contributed by atoms with Crippen LogP contribution in [-0.2, 0) is 0 Å². The molecule has 0 saturated carbocycles. The molecule has 7 heteroatoms. The third-order valence-corrected chi connectivity index (χ3v) is 1.76. The van der Waals surface area contributed by atoms with E-state index in [1.54, 1.807) is 0 Å². The minimum absolute atomic E-state index is 0.0306. The average Bonchev–Trinajstić information content (AvgIpc) is 2.16. The SMILES string of the molecule is NC(=O)c1ccc(C(N)=O)c(N(O)O)c1. The summed E-state index contributed by atoms with van der Waals surface area (Å²) in [5.41, 5.74) is 9.54. The molecule has 1 rings (SSSR count). The van der Waals surface area contributed by atoms with E-state index in [4.69, 9.17) is 21.9 Å². The molecule has 80 valence electrons. The van der Waals surface area contributed by atoms with Crippen LogP contribution in [0.15, 0.2) is 18.2 Å². The summed E-state index contributed by atoms with van der Waals surface area (Å²) in [6, 6.07) is 3.48. The van der Waals surface area contributed by atoms with Crippen molar-refractivity contribution >= 4 is 17.5 Å². The van der Waals surface area contributed by atoms with E-state index in [0.717, 1.165) is 6.07 Å². The summed E-state index contributed by atoms with van der Waals surface area (Å²) in [5.74, 6) is -1.61. The Kier molecular flexibility index (Phi) is 2.88. The summed E-state index contributed by atoms with van der Waals surface area (Å²) in [6.45, 7) is 0. The highest BCUT2D eigenvalue weighted by molar-refractivity contribution is 6.01. The molecule has 0 heterocycles. The van der Waals surface area contributed by atoms with Gasteiger partial charge in [-0.15, -0.1) is 5.23 Å². The van der Waals surface area contributed by atoms with Crippen molar-refractivity contribution in [2.45, 2.75) is 0 Å². The Morgan fingerprint density at radius 1 is 1.13 bits per heavy atom. The molecule has 1 aromatic carbocycles. The number of primary amides is 2. The molecular weight excluding hydrogens is 202 g/mol. The second-order valence-electron chi connectivity index (χ2n) is 2.75. The van der Waals surface area contributed by atoms with Gasteiger partial charge in [-0.3, -0.25) is 20.0 Å². The number of benzene rings is 1. The van der Waals surface area contributed by atoms with Crippen molar-refractivity contribution in [1.82, 2.24) is 0 Å². The Bertz CT molecular complexity index is 416. The first-order valence-electron chi connectivity index (χ1n) is 3.85. The van der Waals surface area contributed by atoms with Crippen LogP contribution in [0.1, 0.15) is 20.7 Å². The van der Waals surface area contributed by atoms with Crippen molar-refractivity contribution in [3.63, 3.8) is 0 Å². The van der Waals surface area contributed by atoms with E-state index < -0.39 is 11.8 Å². The molecule has 0 aliphatic heterocycles. The Hall–Kier alpha value is -2.12. The zero-order valence-electron chi connectivity index (χ0n) is 7.54. The second kappa shape index (κ2) is 3.95. The third-order valence-electron chi connectivity index (χ3n) is 1.76. The highest BCUT2D eigenvalue weighted by Crippen LogP contribution is 2.19. The van der Waals surface area contributed by atoms with Gasteiger partial charge in [-0.1, -0.05) is 0 Å². The minimum Gasteiger partial charge on any atom is -0.366 e. The molecule has 7 nitrogen and oxygen atoms in total. The number of rotatable bonds is 3. The quantitative estimate of drug-likeness (QED) is 0.499. The lowest BCUT2D eigenvalue weighted by atomic mass is 10.1. The normalized spacial score (nSPS) is 9.73. The molecule has 0 radical (unpaired) electrons. The van der Waals surface area contributed by atoms with Gasteiger partial charge in [0.15, 0.2) is 0 Å². The first kappa shape index (κ1) is 11.0. The zero-order valence-corrected chi connectivity index (χ0v) is 7.54. The summed E-state index contributed by atoms with van der Waals surface area (Å²) in [6.07, 6.45) is 0. The maximum absolute atomic E-state index is 10.9. The van der Waals surface area contributed by atoms with Crippen LogP contribution in [0.2, 0.25) is 0 Å². The van der Waals surface area contributed by atoms with Crippen molar-refractivity contribution in [3.05, 3.63) is 29.3 Å². The van der Waals surface area contributed by atoms with Crippen molar-refractivity contribution in [2.75, 3.05) is 5.23 Å². The maximum atomic E-state index is 10.9. The molecule has 0 aliphatic rings. The first-order chi connectivity index (χ1) is 6.93. The van der Waals surface area contributed by atoms with Crippen molar-refractivity contribution in [3.8, 4) is 0 Å². The number of nitrogens with two attached hydrogens (primary N) is 2. The second-order valence-corrected chi connectivity index (χ2v) is 2.75. The lowest BCUT2D eigenvalue weighted by Crippen LogP contribution is -2.21. The molecule has 6 N–H and O–H groups in total. The van der Waals surface area contributed by atoms with E-state index in [9.17, 15) is 9.59 Å². The van der Waals surface area contributed by atoms with Crippen molar-refractivity contribution < 1.29 is 20.0 Å². The molecule has 0 aliphatic carbocycles. The smallest absolute Gasteiger partial charge is 0.250 e. The van der Waals surface area contributed by atoms with E-state index in [1.807, 2.05) is 0 Å². The summed E-state index contributed by atoms with van der Waals surface area (Å²) >= 11 is 0. The molecule has 2 amide bonds. The Balaban J connectivity index is 3.33. The Labute approximate surface area is 84.4 Å². The lowest BCUT2D eigenvalue weighted by Gasteiger charge is -2.12. The summed E-state index contributed by atoms with van der Waals surface area (Å²) in [5, 5.41) is 17.3. The predicted octanol–water partition coefficient (Wildman–Crippen LogP) is -0.531. The highest BCUT2D eigenvalue weighted by Gasteiger charge is 2.14. The number of hydrogen-bond donors (Lipinski definition) is 4. The number of anilines is 1. The predicted molar refractivity (Wildman–Crippen MR) is 49.5 cm³/mol. The van der Waals surface area contributed by atoms with Gasteiger partial charge in [0.05, 0.1) is 5.56 Å². The van der Waals surface area contributed by atoms with Gasteiger partial charge >= 0.3 is 0 Å². The molecule has 1 aromatic rings. The topological polar surface area (TPSA) is 130 Å². The molecule has 15 heavy (non-hydrogen) atoms. The van der Waals surface area contributed by atoms with Crippen LogP contribution in [-0.4, -0.2) is 22.2 Å². The standard InChI is InChI=1S/C8H9N3O4/c9-7(12)4-1-2-5(8(10)13)6(3-4)11(14)15/h1-3,14-15H,(H2,9,12)(H2,10,13). The van der Waals surface area contributed by atoms with Crippen LogP contribution in [0.4, 0.5) is 5.69 Å². The average molecular weight is 211 g/mol. The number of carbonyl (C=O) groups is 2. The highest BCUT2D eigenvalue weighted by atomic mass is 16.8. The number of carbonyl (C=O) groups excluding carboxylic acids is 2. The fraction of sp³-hybridized carbons (Fsp3) is 0. The molecule has 0 aromatic heterocycles. The van der Waals surface area contributed by atoms with E-state index in [0.29, 0.717) is 0 Å². The lowest BCUT2D eigenvalue weighted by molar-refractivity contribution is 0.0285. The Morgan fingerprint density at radius 3 is 2.13 bits per heavy atom. The van der Waals surface area contributed by atoms with Gasteiger partial charge in [0.25, 0.3) is 5.91 Å². The van der Waals surface area contributed by atoms with Crippen molar-refractivity contribution in [1.29, 1.82) is 0 Å². The third kappa shape index (κ3) is 2.22. The van der Waals surface area contributed by atoms with Gasteiger partial charge in [-0.2, -0.15) is 0 Å². The summed E-state index contributed by atoms with van der Waals surface area (Å²) in [4.78, 5) is 21.6. The van der Waals surface area contributed by atoms with Crippen LogP contribution < -0.4 is 16.7 Å². The summed E-state index contributed by atoms with van der Waals surface area (Å²) < 4.78 is 0. The maximum Gasteiger partial charge on any atom is 0.250 e. The number of hydrogen-bond acceptors (Lipinski definition) is 5. The summed E-state index contributed by atoms with van der Waals surface area (Å²) in [7, 11) is 0. The molecular formula is C8H9N3O4. The van der Waals surface area contributed by atoms with Crippen LogP contribution in [0, 0.1) is 0 Å². The van der Waals surface area contributed by atoms with Crippen LogP contribution >= 0.6 is 0 Å². The van der Waals surface area contributed by atoms with E-state index in [2.05, 4.69) is 0 Å². The minimum atomic E-state index is -0.853. The molecule has 0 unspecified atom stereocenters. The monoisotopic (exact) mass is 211 g/mol. The number of amides is 2.